The van der Waals surface area contributed by atoms with Gasteiger partial charge in [-0.1, -0.05) is 12.1 Å². The molecule has 0 spiro atoms. The third kappa shape index (κ3) is 4.42. The van der Waals surface area contributed by atoms with Crippen molar-refractivity contribution >= 4 is 23.4 Å². The molecule has 0 saturated carbocycles. The van der Waals surface area contributed by atoms with Crippen LogP contribution in [0.5, 0.6) is 0 Å². The van der Waals surface area contributed by atoms with Crippen molar-refractivity contribution in [1.82, 2.24) is 15.2 Å². The fourth-order valence-corrected chi connectivity index (χ4v) is 1.94. The van der Waals surface area contributed by atoms with Gasteiger partial charge in [0, 0.05) is 18.9 Å². The van der Waals surface area contributed by atoms with Crippen LogP contribution in [0.4, 0.5) is 10.5 Å². The number of hydrogen-bond acceptors (Lipinski definition) is 5. The number of carbonyl (C=O) groups excluding carboxylic acids is 2. The quantitative estimate of drug-likeness (QED) is 0.648. The lowest BCUT2D eigenvalue weighted by molar-refractivity contribution is 0.101. The third-order valence-corrected chi connectivity index (χ3v) is 3.20. The second-order valence-electron chi connectivity index (χ2n) is 4.90. The Kier molecular flexibility index (Phi) is 5.67. The molecule has 0 aliphatic rings. The molecule has 1 aromatic carbocycles. The van der Waals surface area contributed by atoms with Crippen LogP contribution in [0.1, 0.15) is 29.9 Å². The van der Waals surface area contributed by atoms with Gasteiger partial charge in [-0.3, -0.25) is 9.48 Å². The Hall–Kier alpha value is -3.16. The molecule has 0 aliphatic heterocycles. The van der Waals surface area contributed by atoms with Gasteiger partial charge in [0.05, 0.1) is 12.3 Å². The number of carbonyl (C=O) groups is 2. The summed E-state index contributed by atoms with van der Waals surface area (Å²) in [5, 5.41) is 10.7. The molecule has 8 nitrogen and oxygen atoms in total. The van der Waals surface area contributed by atoms with Crippen LogP contribution in [-0.2, 0) is 11.8 Å². The normalized spacial score (nSPS) is 11.0. The lowest BCUT2D eigenvalue weighted by Crippen LogP contribution is -2.20. The van der Waals surface area contributed by atoms with Crippen LogP contribution in [-0.4, -0.2) is 34.1 Å². The largest absolute Gasteiger partial charge is 0.449 e. The fraction of sp³-hybridized carbons (Fsp3) is 0.250. The van der Waals surface area contributed by atoms with E-state index in [0.29, 0.717) is 17.1 Å². The fourth-order valence-electron chi connectivity index (χ4n) is 1.94. The highest BCUT2D eigenvalue weighted by molar-refractivity contribution is 6.03. The maximum atomic E-state index is 12.1. The van der Waals surface area contributed by atoms with Gasteiger partial charge >= 0.3 is 6.09 Å². The lowest BCUT2D eigenvalue weighted by Gasteiger charge is -2.07. The molecule has 0 atom stereocenters. The molecule has 2 amide bonds. The number of nitrogens with one attached hydrogen (secondary N) is 2. The van der Waals surface area contributed by atoms with Crippen LogP contribution in [0.25, 0.3) is 0 Å². The maximum absolute atomic E-state index is 12.1. The first-order chi connectivity index (χ1) is 11.5. The summed E-state index contributed by atoms with van der Waals surface area (Å²) >= 11 is 0. The van der Waals surface area contributed by atoms with Gasteiger partial charge in [-0.15, -0.1) is 0 Å². The molecular weight excluding hydrogens is 310 g/mol. The zero-order chi connectivity index (χ0) is 17.5. The average Bonchev–Trinajstić information content (AvgIpc) is 3.00. The molecule has 2 rings (SSSR count). The second kappa shape index (κ2) is 7.91. The number of benzene rings is 1. The van der Waals surface area contributed by atoms with Gasteiger partial charge in [0.2, 0.25) is 0 Å². The second-order valence-corrected chi connectivity index (χ2v) is 4.90. The molecule has 0 radical (unpaired) electrons. The van der Waals surface area contributed by atoms with Gasteiger partial charge in [0.25, 0.3) is 5.91 Å². The molecule has 0 aliphatic carbocycles. The summed E-state index contributed by atoms with van der Waals surface area (Å²) < 4.78 is 6.23. The number of aryl methyl sites for hydroxylation is 1. The Morgan fingerprint density at radius 1 is 1.25 bits per heavy atom. The van der Waals surface area contributed by atoms with Crippen LogP contribution in [0, 0.1) is 0 Å². The standard InChI is InChI=1S/C16H19N5O3/c1-4-24-16(23)20-19-11(2)12-5-7-13(8-6-12)18-15(22)14-9-10-17-21(14)3/h5-10H,4H2,1-3H3,(H,18,22)(H,20,23)/b19-11-. The smallest absolute Gasteiger partial charge is 0.427 e. The molecule has 2 N–H and O–H groups in total. The van der Waals surface area contributed by atoms with Gasteiger partial charge in [0.1, 0.15) is 5.69 Å². The lowest BCUT2D eigenvalue weighted by atomic mass is 10.1. The SMILES string of the molecule is CCOC(=O)N/N=C(/C)c1ccc(NC(=O)c2ccnn2C)cc1. The summed E-state index contributed by atoms with van der Waals surface area (Å²) in [5.74, 6) is -0.239. The molecule has 126 valence electrons. The Labute approximate surface area is 139 Å². The minimum atomic E-state index is -0.600. The number of hydrazone groups is 1. The molecule has 2 aromatic rings. The molecule has 0 saturated heterocycles. The summed E-state index contributed by atoms with van der Waals surface area (Å²) in [6, 6.07) is 8.75. The predicted molar refractivity (Wildman–Crippen MR) is 90.0 cm³/mol. The van der Waals surface area contributed by atoms with E-state index in [-0.39, 0.29) is 12.5 Å². The topological polar surface area (TPSA) is 97.6 Å². The third-order valence-electron chi connectivity index (χ3n) is 3.20. The monoisotopic (exact) mass is 329 g/mol. The Balaban J connectivity index is 2.00. The van der Waals surface area contributed by atoms with E-state index in [4.69, 9.17) is 4.74 Å². The summed E-state index contributed by atoms with van der Waals surface area (Å²) in [4.78, 5) is 23.3. The van der Waals surface area contributed by atoms with Crippen molar-refractivity contribution in [3.8, 4) is 0 Å². The molecule has 0 bridgehead atoms. The van der Waals surface area contributed by atoms with Gasteiger partial charge in [-0.05, 0) is 37.6 Å². The molecule has 1 aromatic heterocycles. The van der Waals surface area contributed by atoms with E-state index in [0.717, 1.165) is 5.56 Å². The Bertz CT molecular complexity index is 749. The maximum Gasteiger partial charge on any atom is 0.427 e. The van der Waals surface area contributed by atoms with E-state index in [1.165, 1.54) is 4.68 Å². The molecule has 24 heavy (non-hydrogen) atoms. The van der Waals surface area contributed by atoms with Crippen LogP contribution in [0.2, 0.25) is 0 Å². The molecule has 0 unspecified atom stereocenters. The minimum Gasteiger partial charge on any atom is -0.449 e. The van der Waals surface area contributed by atoms with E-state index in [2.05, 4.69) is 20.9 Å². The Morgan fingerprint density at radius 3 is 2.54 bits per heavy atom. The van der Waals surface area contributed by atoms with Gasteiger partial charge < -0.3 is 10.1 Å². The molecule has 8 heteroatoms. The molecule has 0 fully saturated rings. The summed E-state index contributed by atoms with van der Waals surface area (Å²) in [6.07, 6.45) is 0.964. The number of rotatable bonds is 5. The predicted octanol–water partition coefficient (Wildman–Crippen LogP) is 2.14. The minimum absolute atomic E-state index is 0.239. The van der Waals surface area contributed by atoms with Gasteiger partial charge in [-0.25, -0.2) is 10.2 Å². The summed E-state index contributed by atoms with van der Waals surface area (Å²) in [7, 11) is 1.70. The van der Waals surface area contributed by atoms with Crippen LogP contribution in [0.3, 0.4) is 0 Å². The zero-order valence-corrected chi connectivity index (χ0v) is 13.7. The molecule has 1 heterocycles. The highest BCUT2D eigenvalue weighted by atomic mass is 16.5. The van der Waals surface area contributed by atoms with E-state index in [9.17, 15) is 9.59 Å². The van der Waals surface area contributed by atoms with Crippen molar-refractivity contribution in [2.75, 3.05) is 11.9 Å². The average molecular weight is 329 g/mol. The van der Waals surface area contributed by atoms with Crippen molar-refractivity contribution in [3.05, 3.63) is 47.8 Å². The van der Waals surface area contributed by atoms with Gasteiger partial charge in [-0.2, -0.15) is 10.2 Å². The van der Waals surface area contributed by atoms with Crippen molar-refractivity contribution in [2.45, 2.75) is 13.8 Å². The van der Waals surface area contributed by atoms with Crippen LogP contribution < -0.4 is 10.7 Å². The highest BCUT2D eigenvalue weighted by Crippen LogP contribution is 2.12. The number of hydrogen-bond donors (Lipinski definition) is 2. The number of nitrogens with zero attached hydrogens (tertiary/aromatic N) is 3. The van der Waals surface area contributed by atoms with E-state index < -0.39 is 6.09 Å². The van der Waals surface area contributed by atoms with E-state index >= 15 is 0 Å². The van der Waals surface area contributed by atoms with Crippen molar-refractivity contribution in [1.29, 1.82) is 0 Å². The first-order valence-electron chi connectivity index (χ1n) is 7.38. The van der Waals surface area contributed by atoms with Crippen LogP contribution >= 0.6 is 0 Å². The Morgan fingerprint density at radius 2 is 1.96 bits per heavy atom. The van der Waals surface area contributed by atoms with Crippen molar-refractivity contribution in [2.24, 2.45) is 12.1 Å². The van der Waals surface area contributed by atoms with Crippen molar-refractivity contribution < 1.29 is 14.3 Å². The van der Waals surface area contributed by atoms with E-state index in [1.807, 2.05) is 0 Å². The summed E-state index contributed by atoms with van der Waals surface area (Å²) in [6.45, 7) is 3.76. The first kappa shape index (κ1) is 17.2. The number of aromatic nitrogens is 2. The zero-order valence-electron chi connectivity index (χ0n) is 13.7. The number of amides is 2. The molecular formula is C16H19N5O3. The van der Waals surface area contributed by atoms with Crippen LogP contribution in [0.15, 0.2) is 41.6 Å². The van der Waals surface area contributed by atoms with E-state index in [1.54, 1.807) is 57.4 Å². The summed E-state index contributed by atoms with van der Waals surface area (Å²) in [5.41, 5.74) is 4.85. The number of ether oxygens (including phenoxy) is 1. The first-order valence-corrected chi connectivity index (χ1v) is 7.38. The van der Waals surface area contributed by atoms with Gasteiger partial charge in [0.15, 0.2) is 0 Å². The number of anilines is 1. The highest BCUT2D eigenvalue weighted by Gasteiger charge is 2.10. The van der Waals surface area contributed by atoms with Crippen molar-refractivity contribution in [3.63, 3.8) is 0 Å².